The maximum atomic E-state index is 13.0. The van der Waals surface area contributed by atoms with E-state index < -0.39 is 6.04 Å². The first-order valence-corrected chi connectivity index (χ1v) is 11.1. The third-order valence-corrected chi connectivity index (χ3v) is 5.96. The first-order valence-electron chi connectivity index (χ1n) is 11.1. The second kappa shape index (κ2) is 10.4. The van der Waals surface area contributed by atoms with E-state index in [0.29, 0.717) is 6.54 Å². The molecule has 0 bridgehead atoms. The molecule has 1 fully saturated rings. The van der Waals surface area contributed by atoms with E-state index in [1.807, 2.05) is 42.6 Å². The summed E-state index contributed by atoms with van der Waals surface area (Å²) in [5.41, 5.74) is 3.33. The van der Waals surface area contributed by atoms with Crippen LogP contribution in [0.5, 0.6) is 0 Å². The summed E-state index contributed by atoms with van der Waals surface area (Å²) in [7, 11) is 0. The smallest absolute Gasteiger partial charge is 0.249 e. The molecule has 0 saturated carbocycles. The quantitative estimate of drug-likeness (QED) is 0.612. The number of likely N-dealkylation sites (N-methyl/N-ethyl adjacent to an activating group) is 1. The summed E-state index contributed by atoms with van der Waals surface area (Å²) in [4.78, 5) is 18.0. The van der Waals surface area contributed by atoms with Gasteiger partial charge in [-0.05, 0) is 29.3 Å². The second-order valence-electron chi connectivity index (χ2n) is 8.04. The third kappa shape index (κ3) is 5.60. The highest BCUT2D eigenvalue weighted by Crippen LogP contribution is 2.18. The molecule has 1 aliphatic heterocycles. The zero-order valence-corrected chi connectivity index (χ0v) is 18.2. The number of nitrogens with zero attached hydrogens (tertiary/aromatic N) is 4. The Morgan fingerprint density at radius 3 is 2.26 bits per heavy atom. The van der Waals surface area contributed by atoms with Crippen LogP contribution in [0.15, 0.2) is 73.1 Å². The summed E-state index contributed by atoms with van der Waals surface area (Å²) in [6, 6.07) is 19.7. The number of amides is 1. The minimum Gasteiger partial charge on any atom is -0.350 e. The lowest BCUT2D eigenvalue weighted by molar-refractivity contribution is -0.123. The number of hydrogen-bond acceptors (Lipinski definition) is 4. The Labute approximate surface area is 184 Å². The van der Waals surface area contributed by atoms with Gasteiger partial charge in [0.1, 0.15) is 0 Å². The van der Waals surface area contributed by atoms with Gasteiger partial charge < -0.3 is 10.2 Å². The van der Waals surface area contributed by atoms with E-state index in [0.717, 1.165) is 50.4 Å². The summed E-state index contributed by atoms with van der Waals surface area (Å²) in [6.45, 7) is 9.40. The Bertz CT molecular complexity index is 932. The van der Waals surface area contributed by atoms with Crippen molar-refractivity contribution < 1.29 is 4.79 Å². The molecule has 4 rings (SSSR count). The molecule has 162 valence electrons. The van der Waals surface area contributed by atoms with Crippen LogP contribution in [0.25, 0.3) is 0 Å². The largest absolute Gasteiger partial charge is 0.350 e. The lowest BCUT2D eigenvalue weighted by Crippen LogP contribution is -2.45. The van der Waals surface area contributed by atoms with Crippen LogP contribution in [0.4, 0.5) is 0 Å². The zero-order chi connectivity index (χ0) is 21.5. The molecule has 6 heteroatoms. The fourth-order valence-electron chi connectivity index (χ4n) is 4.06. The monoisotopic (exact) mass is 417 g/mol. The lowest BCUT2D eigenvalue weighted by Gasteiger charge is -2.34. The molecule has 1 aliphatic rings. The van der Waals surface area contributed by atoms with E-state index >= 15 is 0 Å². The Kier molecular flexibility index (Phi) is 7.12. The fourth-order valence-corrected chi connectivity index (χ4v) is 4.06. The minimum absolute atomic E-state index is 0.0622. The number of benzene rings is 2. The predicted molar refractivity (Wildman–Crippen MR) is 122 cm³/mol. The van der Waals surface area contributed by atoms with Gasteiger partial charge in [-0.1, -0.05) is 61.5 Å². The topological polar surface area (TPSA) is 53.4 Å². The molecule has 0 radical (unpaired) electrons. The summed E-state index contributed by atoms with van der Waals surface area (Å²) < 4.78 is 1.70. The maximum Gasteiger partial charge on any atom is 0.249 e. The average molecular weight is 418 g/mol. The molecule has 1 N–H and O–H groups in total. The van der Waals surface area contributed by atoms with Crippen molar-refractivity contribution >= 4 is 5.91 Å². The van der Waals surface area contributed by atoms with Crippen molar-refractivity contribution in [1.29, 1.82) is 0 Å². The van der Waals surface area contributed by atoms with Gasteiger partial charge in [-0.15, -0.1) is 0 Å². The number of hydrogen-bond donors (Lipinski definition) is 1. The van der Waals surface area contributed by atoms with Gasteiger partial charge in [-0.25, -0.2) is 0 Å². The first-order chi connectivity index (χ1) is 15.2. The summed E-state index contributed by atoms with van der Waals surface area (Å²) >= 11 is 0. The Morgan fingerprint density at radius 1 is 0.935 bits per heavy atom. The summed E-state index contributed by atoms with van der Waals surface area (Å²) in [6.07, 6.45) is 3.52. The van der Waals surface area contributed by atoms with Crippen molar-refractivity contribution in [2.45, 2.75) is 26.1 Å². The van der Waals surface area contributed by atoms with Crippen molar-refractivity contribution in [2.75, 3.05) is 32.7 Å². The zero-order valence-electron chi connectivity index (χ0n) is 18.2. The number of nitrogens with one attached hydrogen (secondary N) is 1. The standard InChI is InChI=1S/C25H31N5O/c1-2-28-15-17-29(18-16-28)20-22-11-9-21(10-12-22)19-26-25(31)24(30-14-6-13-27-30)23-7-4-3-5-8-23/h3-14,24H,2,15-20H2,1H3,(H,26,31). The minimum atomic E-state index is -0.475. The van der Waals surface area contributed by atoms with Gasteiger partial charge >= 0.3 is 0 Å². The third-order valence-electron chi connectivity index (χ3n) is 5.96. The van der Waals surface area contributed by atoms with E-state index in [1.165, 1.54) is 5.56 Å². The molecule has 6 nitrogen and oxygen atoms in total. The molecule has 1 amide bonds. The van der Waals surface area contributed by atoms with Gasteiger partial charge in [0.15, 0.2) is 6.04 Å². The normalized spacial score (nSPS) is 16.2. The number of carbonyl (C=O) groups excluding carboxylic acids is 1. The van der Waals surface area contributed by atoms with Crippen molar-refractivity contribution in [3.63, 3.8) is 0 Å². The van der Waals surface area contributed by atoms with Crippen LogP contribution >= 0.6 is 0 Å². The molecule has 1 aromatic heterocycles. The van der Waals surface area contributed by atoms with Crippen LogP contribution in [-0.4, -0.2) is 58.2 Å². The molecular formula is C25H31N5O. The number of aromatic nitrogens is 2. The van der Waals surface area contributed by atoms with E-state index in [-0.39, 0.29) is 5.91 Å². The average Bonchev–Trinajstić information content (AvgIpc) is 3.34. The Balaban J connectivity index is 1.33. The highest BCUT2D eigenvalue weighted by atomic mass is 16.2. The van der Waals surface area contributed by atoms with Crippen LogP contribution in [0.2, 0.25) is 0 Å². The van der Waals surface area contributed by atoms with E-state index in [2.05, 4.69) is 51.4 Å². The molecule has 2 aromatic carbocycles. The first kappa shape index (κ1) is 21.3. The van der Waals surface area contributed by atoms with Crippen LogP contribution in [-0.2, 0) is 17.9 Å². The number of piperazine rings is 1. The Morgan fingerprint density at radius 2 is 1.61 bits per heavy atom. The molecule has 1 unspecified atom stereocenters. The van der Waals surface area contributed by atoms with Gasteiger partial charge in [-0.2, -0.15) is 5.10 Å². The van der Waals surface area contributed by atoms with Gasteiger partial charge in [0, 0.05) is 51.7 Å². The molecule has 0 spiro atoms. The maximum absolute atomic E-state index is 13.0. The van der Waals surface area contributed by atoms with Gasteiger partial charge in [0.2, 0.25) is 5.91 Å². The Hall–Kier alpha value is -2.96. The van der Waals surface area contributed by atoms with Crippen LogP contribution in [0.3, 0.4) is 0 Å². The highest BCUT2D eigenvalue weighted by Gasteiger charge is 2.22. The van der Waals surface area contributed by atoms with Crippen LogP contribution in [0.1, 0.15) is 29.7 Å². The van der Waals surface area contributed by atoms with Crippen molar-refractivity contribution in [2.24, 2.45) is 0 Å². The predicted octanol–water partition coefficient (Wildman–Crippen LogP) is 2.93. The summed E-state index contributed by atoms with van der Waals surface area (Å²) in [5.74, 6) is -0.0622. The fraction of sp³-hybridized carbons (Fsp3) is 0.360. The SMILES string of the molecule is CCN1CCN(Cc2ccc(CNC(=O)C(c3ccccc3)n3cccn3)cc2)CC1. The number of carbonyl (C=O) groups is 1. The molecule has 1 atom stereocenters. The van der Waals surface area contributed by atoms with Crippen LogP contribution < -0.4 is 5.32 Å². The highest BCUT2D eigenvalue weighted by molar-refractivity contribution is 5.83. The lowest BCUT2D eigenvalue weighted by atomic mass is 10.1. The van der Waals surface area contributed by atoms with E-state index in [4.69, 9.17) is 0 Å². The van der Waals surface area contributed by atoms with Gasteiger partial charge in [-0.3, -0.25) is 14.4 Å². The van der Waals surface area contributed by atoms with Crippen molar-refractivity contribution in [3.05, 3.63) is 89.7 Å². The summed E-state index contributed by atoms with van der Waals surface area (Å²) in [5, 5.41) is 7.38. The van der Waals surface area contributed by atoms with E-state index in [1.54, 1.807) is 10.9 Å². The van der Waals surface area contributed by atoms with Crippen molar-refractivity contribution in [1.82, 2.24) is 24.9 Å². The molecular weight excluding hydrogens is 386 g/mol. The van der Waals surface area contributed by atoms with E-state index in [9.17, 15) is 4.79 Å². The molecule has 3 aromatic rings. The second-order valence-corrected chi connectivity index (χ2v) is 8.04. The molecule has 31 heavy (non-hydrogen) atoms. The van der Waals surface area contributed by atoms with Gasteiger partial charge in [0.05, 0.1) is 0 Å². The molecule has 0 aliphatic carbocycles. The van der Waals surface area contributed by atoms with Crippen molar-refractivity contribution in [3.8, 4) is 0 Å². The van der Waals surface area contributed by atoms with Crippen LogP contribution in [0, 0.1) is 0 Å². The molecule has 2 heterocycles. The number of rotatable bonds is 8. The van der Waals surface area contributed by atoms with Gasteiger partial charge in [0.25, 0.3) is 0 Å². The molecule has 1 saturated heterocycles.